The van der Waals surface area contributed by atoms with Crippen LogP contribution in [0.3, 0.4) is 0 Å². The average molecular weight is 233 g/mol. The van der Waals surface area contributed by atoms with Crippen LogP contribution in [-0.2, 0) is 0 Å². The van der Waals surface area contributed by atoms with Gasteiger partial charge in [-0.05, 0) is 36.5 Å². The zero-order valence-corrected chi connectivity index (χ0v) is 10.9. The van der Waals surface area contributed by atoms with Gasteiger partial charge in [0.1, 0.15) is 0 Å². The van der Waals surface area contributed by atoms with Crippen LogP contribution >= 0.6 is 0 Å². The summed E-state index contributed by atoms with van der Waals surface area (Å²) < 4.78 is 0. The third-order valence-corrected chi connectivity index (χ3v) is 2.82. The molecule has 0 N–H and O–H groups in total. The summed E-state index contributed by atoms with van der Waals surface area (Å²) in [4.78, 5) is 10.7. The van der Waals surface area contributed by atoms with Crippen molar-refractivity contribution in [3.05, 3.63) is 50.7 Å². The number of allylic oxidation sites excluding steroid dienone is 1. The Kier molecular flexibility index (Phi) is 4.44. The van der Waals surface area contributed by atoms with Crippen molar-refractivity contribution in [3.63, 3.8) is 0 Å². The summed E-state index contributed by atoms with van der Waals surface area (Å²) in [7, 11) is 0. The fourth-order valence-electron chi connectivity index (χ4n) is 1.71. The van der Waals surface area contributed by atoms with Crippen LogP contribution in [0, 0.1) is 29.9 Å². The molecular weight excluding hydrogens is 214 g/mol. The molecule has 0 saturated carbocycles. The first-order chi connectivity index (χ1) is 7.91. The molecule has 0 heterocycles. The lowest BCUT2D eigenvalue weighted by atomic mass is 10.0. The van der Waals surface area contributed by atoms with Crippen LogP contribution in [-0.4, -0.2) is 4.92 Å². The zero-order chi connectivity index (χ0) is 13.0. The van der Waals surface area contributed by atoms with Crippen LogP contribution in [0.1, 0.15) is 37.0 Å². The molecule has 1 aromatic carbocycles. The highest BCUT2D eigenvalue weighted by molar-refractivity contribution is 5.56. The summed E-state index contributed by atoms with van der Waals surface area (Å²) in [6.45, 7) is 7.98. The van der Waals surface area contributed by atoms with Gasteiger partial charge in [-0.3, -0.25) is 10.1 Å². The van der Waals surface area contributed by atoms with Crippen LogP contribution in [0.15, 0.2) is 23.9 Å². The van der Waals surface area contributed by atoms with E-state index in [0.717, 1.165) is 16.7 Å². The third-order valence-electron chi connectivity index (χ3n) is 2.82. The van der Waals surface area contributed by atoms with Crippen molar-refractivity contribution in [3.8, 4) is 0 Å². The Morgan fingerprint density at radius 2 is 2.06 bits per heavy atom. The Balaban J connectivity index is 3.13. The second-order valence-electron chi connectivity index (χ2n) is 4.78. The summed E-state index contributed by atoms with van der Waals surface area (Å²) >= 11 is 0. The minimum absolute atomic E-state index is 0.276. The maximum atomic E-state index is 11.0. The number of hydrogen-bond donors (Lipinski definition) is 0. The molecule has 0 atom stereocenters. The predicted molar refractivity (Wildman–Crippen MR) is 70.3 cm³/mol. The maximum Gasteiger partial charge on any atom is 0.247 e. The van der Waals surface area contributed by atoms with E-state index in [2.05, 4.69) is 0 Å². The smallest absolute Gasteiger partial charge is 0.247 e. The van der Waals surface area contributed by atoms with Crippen LogP contribution in [0.2, 0.25) is 0 Å². The molecule has 3 nitrogen and oxygen atoms in total. The molecule has 0 saturated heterocycles. The van der Waals surface area contributed by atoms with Crippen molar-refractivity contribution in [2.75, 3.05) is 0 Å². The highest BCUT2D eigenvalue weighted by Gasteiger charge is 2.13. The number of nitro groups is 1. The van der Waals surface area contributed by atoms with E-state index in [1.54, 1.807) is 6.08 Å². The van der Waals surface area contributed by atoms with Gasteiger partial charge < -0.3 is 0 Å². The molecule has 1 aromatic rings. The molecule has 0 aromatic heterocycles. The van der Waals surface area contributed by atoms with Gasteiger partial charge in [-0.1, -0.05) is 32.0 Å². The van der Waals surface area contributed by atoms with Gasteiger partial charge in [0, 0.05) is 12.5 Å². The van der Waals surface area contributed by atoms with Crippen molar-refractivity contribution in [2.45, 2.75) is 34.1 Å². The number of benzene rings is 1. The van der Waals surface area contributed by atoms with E-state index in [4.69, 9.17) is 0 Å². The summed E-state index contributed by atoms with van der Waals surface area (Å²) in [6.07, 6.45) is 2.20. The molecule has 17 heavy (non-hydrogen) atoms. The second kappa shape index (κ2) is 5.62. The van der Waals surface area contributed by atoms with E-state index < -0.39 is 0 Å². The van der Waals surface area contributed by atoms with E-state index in [9.17, 15) is 10.1 Å². The van der Waals surface area contributed by atoms with Crippen molar-refractivity contribution in [1.29, 1.82) is 0 Å². The van der Waals surface area contributed by atoms with Crippen molar-refractivity contribution in [2.24, 2.45) is 5.92 Å². The number of aryl methyl sites for hydroxylation is 1. The second-order valence-corrected chi connectivity index (χ2v) is 4.78. The highest BCUT2D eigenvalue weighted by atomic mass is 16.6. The molecule has 3 heteroatoms. The quantitative estimate of drug-likeness (QED) is 0.583. The summed E-state index contributed by atoms with van der Waals surface area (Å²) in [5, 5.41) is 11.0. The first-order valence-electron chi connectivity index (χ1n) is 5.83. The van der Waals surface area contributed by atoms with Gasteiger partial charge in [0.15, 0.2) is 0 Å². The van der Waals surface area contributed by atoms with Gasteiger partial charge in [-0.25, -0.2) is 0 Å². The lowest BCUT2D eigenvalue weighted by Crippen LogP contribution is -2.02. The minimum Gasteiger partial charge on any atom is -0.259 e. The zero-order valence-electron chi connectivity index (χ0n) is 10.9. The van der Waals surface area contributed by atoms with E-state index in [1.807, 2.05) is 45.9 Å². The van der Waals surface area contributed by atoms with E-state index >= 15 is 0 Å². The molecule has 0 aliphatic rings. The fourth-order valence-corrected chi connectivity index (χ4v) is 1.71. The summed E-state index contributed by atoms with van der Waals surface area (Å²) in [5.74, 6) is 0.289. The number of hydrogen-bond acceptors (Lipinski definition) is 2. The summed E-state index contributed by atoms with van der Waals surface area (Å²) in [6, 6.07) is 5.87. The number of nitrogens with zero attached hydrogens (tertiary/aromatic N) is 1. The largest absolute Gasteiger partial charge is 0.259 e. The van der Waals surface area contributed by atoms with Crippen LogP contribution < -0.4 is 0 Å². The lowest BCUT2D eigenvalue weighted by Gasteiger charge is -2.06. The fraction of sp³-hybridized carbons (Fsp3) is 0.429. The van der Waals surface area contributed by atoms with E-state index in [1.165, 1.54) is 0 Å². The lowest BCUT2D eigenvalue weighted by molar-refractivity contribution is -0.427. The SMILES string of the molecule is Cc1cccc(C=C(CC(C)C)[N+](=O)[O-])c1C. The van der Waals surface area contributed by atoms with Crippen molar-refractivity contribution >= 4 is 6.08 Å². The van der Waals surface area contributed by atoms with Gasteiger partial charge in [0.2, 0.25) is 5.70 Å². The Morgan fingerprint density at radius 3 is 2.59 bits per heavy atom. The Labute approximate surface area is 102 Å². The van der Waals surface area contributed by atoms with Crippen molar-refractivity contribution < 1.29 is 4.92 Å². The minimum atomic E-state index is -0.276. The molecule has 1 rings (SSSR count). The van der Waals surface area contributed by atoms with E-state index in [-0.39, 0.29) is 16.5 Å². The van der Waals surface area contributed by atoms with Gasteiger partial charge in [-0.2, -0.15) is 0 Å². The molecule has 92 valence electrons. The molecule has 0 fully saturated rings. The van der Waals surface area contributed by atoms with Crippen LogP contribution in [0.5, 0.6) is 0 Å². The molecule has 0 radical (unpaired) electrons. The van der Waals surface area contributed by atoms with Gasteiger partial charge in [-0.15, -0.1) is 0 Å². The Bertz CT molecular complexity index is 448. The average Bonchev–Trinajstić information content (AvgIpc) is 2.22. The molecule has 0 spiro atoms. The van der Waals surface area contributed by atoms with Gasteiger partial charge in [0.25, 0.3) is 0 Å². The molecular formula is C14H19NO2. The molecule has 0 bridgehead atoms. The molecule has 0 unspecified atom stereocenters. The molecule has 0 amide bonds. The monoisotopic (exact) mass is 233 g/mol. The standard InChI is InChI=1S/C14H19NO2/c1-10(2)8-14(15(16)17)9-13-7-5-6-11(3)12(13)4/h5-7,9-10H,8H2,1-4H3. The maximum absolute atomic E-state index is 11.0. The van der Waals surface area contributed by atoms with Crippen molar-refractivity contribution in [1.82, 2.24) is 0 Å². The molecule has 0 aliphatic carbocycles. The van der Waals surface area contributed by atoms with Gasteiger partial charge in [0.05, 0.1) is 4.92 Å². The highest BCUT2D eigenvalue weighted by Crippen LogP contribution is 2.19. The normalized spacial score (nSPS) is 11.9. The first kappa shape index (κ1) is 13.4. The summed E-state index contributed by atoms with van der Waals surface area (Å²) in [5.41, 5.74) is 3.49. The topological polar surface area (TPSA) is 43.1 Å². The van der Waals surface area contributed by atoms with Crippen LogP contribution in [0.4, 0.5) is 0 Å². The third kappa shape index (κ3) is 3.70. The molecule has 0 aliphatic heterocycles. The predicted octanol–water partition coefficient (Wildman–Crippen LogP) is 3.97. The Hall–Kier alpha value is -1.64. The number of rotatable bonds is 4. The van der Waals surface area contributed by atoms with E-state index in [0.29, 0.717) is 6.42 Å². The van der Waals surface area contributed by atoms with Crippen LogP contribution in [0.25, 0.3) is 6.08 Å². The first-order valence-corrected chi connectivity index (χ1v) is 5.83. The van der Waals surface area contributed by atoms with Gasteiger partial charge >= 0.3 is 0 Å². The Morgan fingerprint density at radius 1 is 1.41 bits per heavy atom.